The standard InChI is InChI=1S/C21H21F3N4O2S/c1-12(2)28-20(13(3)30-18-7-5-4-6-16(18)23)26-27-21(28)31-11-19(29)25-14-8-9-15(22)17(24)10-14/h4-10,12-13H,11H2,1-3H3,(H,25,29). The Balaban J connectivity index is 1.69. The molecule has 1 unspecified atom stereocenters. The van der Waals surface area contributed by atoms with E-state index in [4.69, 9.17) is 4.74 Å². The monoisotopic (exact) mass is 450 g/mol. The van der Waals surface area contributed by atoms with E-state index >= 15 is 0 Å². The lowest BCUT2D eigenvalue weighted by molar-refractivity contribution is -0.113. The van der Waals surface area contributed by atoms with E-state index in [0.717, 1.165) is 23.9 Å². The number of carbonyl (C=O) groups excluding carboxylic acids is 1. The zero-order valence-electron chi connectivity index (χ0n) is 17.1. The minimum Gasteiger partial charge on any atom is -0.480 e. The molecule has 10 heteroatoms. The van der Waals surface area contributed by atoms with Gasteiger partial charge in [-0.1, -0.05) is 23.9 Å². The number of nitrogens with zero attached hydrogens (tertiary/aromatic N) is 3. The van der Waals surface area contributed by atoms with Crippen LogP contribution in [-0.4, -0.2) is 26.4 Å². The lowest BCUT2D eigenvalue weighted by Crippen LogP contribution is -2.17. The van der Waals surface area contributed by atoms with Crippen LogP contribution in [0.1, 0.15) is 38.7 Å². The highest BCUT2D eigenvalue weighted by atomic mass is 32.2. The zero-order chi connectivity index (χ0) is 22.5. The van der Waals surface area contributed by atoms with Crippen LogP contribution in [0.5, 0.6) is 5.75 Å². The van der Waals surface area contributed by atoms with Crippen LogP contribution in [0.2, 0.25) is 0 Å². The molecule has 0 bridgehead atoms. The van der Waals surface area contributed by atoms with E-state index < -0.39 is 29.5 Å². The number of amides is 1. The third kappa shape index (κ3) is 5.57. The molecule has 164 valence electrons. The number of thioether (sulfide) groups is 1. The molecule has 2 aromatic carbocycles. The minimum atomic E-state index is -1.04. The molecule has 31 heavy (non-hydrogen) atoms. The first kappa shape index (κ1) is 22.7. The fraction of sp³-hybridized carbons (Fsp3) is 0.286. The number of anilines is 1. The van der Waals surface area contributed by atoms with Gasteiger partial charge in [-0.25, -0.2) is 13.2 Å². The predicted octanol–water partition coefficient (Wildman–Crippen LogP) is 5.15. The van der Waals surface area contributed by atoms with Crippen LogP contribution in [0.3, 0.4) is 0 Å². The normalized spacial score (nSPS) is 12.1. The van der Waals surface area contributed by atoms with E-state index in [2.05, 4.69) is 15.5 Å². The fourth-order valence-electron chi connectivity index (χ4n) is 2.83. The SMILES string of the molecule is CC(Oc1ccccc1F)c1nnc(SCC(=O)Nc2ccc(F)c(F)c2)n1C(C)C. The first-order valence-corrected chi connectivity index (χ1v) is 10.5. The molecule has 0 radical (unpaired) electrons. The van der Waals surface area contributed by atoms with E-state index in [-0.39, 0.29) is 23.2 Å². The number of aromatic nitrogens is 3. The molecule has 3 aromatic rings. The summed E-state index contributed by atoms with van der Waals surface area (Å²) in [6.45, 7) is 5.59. The lowest BCUT2D eigenvalue weighted by Gasteiger charge is -2.19. The van der Waals surface area contributed by atoms with Crippen molar-refractivity contribution in [1.82, 2.24) is 14.8 Å². The maximum absolute atomic E-state index is 13.9. The minimum absolute atomic E-state index is 0.0214. The number of ether oxygens (including phenoxy) is 1. The van der Waals surface area contributed by atoms with Crippen molar-refractivity contribution in [3.8, 4) is 5.75 Å². The van der Waals surface area contributed by atoms with Crippen molar-refractivity contribution in [2.45, 2.75) is 38.1 Å². The van der Waals surface area contributed by atoms with Crippen LogP contribution in [-0.2, 0) is 4.79 Å². The molecule has 1 atom stereocenters. The van der Waals surface area contributed by atoms with Crippen molar-refractivity contribution in [2.75, 3.05) is 11.1 Å². The van der Waals surface area contributed by atoms with Crippen LogP contribution < -0.4 is 10.1 Å². The highest BCUT2D eigenvalue weighted by Crippen LogP contribution is 2.28. The number of hydrogen-bond acceptors (Lipinski definition) is 5. The number of nitrogens with one attached hydrogen (secondary N) is 1. The molecule has 1 aromatic heterocycles. The van der Waals surface area contributed by atoms with Crippen molar-refractivity contribution in [3.63, 3.8) is 0 Å². The van der Waals surface area contributed by atoms with Gasteiger partial charge >= 0.3 is 0 Å². The van der Waals surface area contributed by atoms with E-state index in [9.17, 15) is 18.0 Å². The third-order valence-electron chi connectivity index (χ3n) is 4.25. The molecule has 0 aliphatic rings. The maximum Gasteiger partial charge on any atom is 0.234 e. The molecule has 1 amide bonds. The largest absolute Gasteiger partial charge is 0.480 e. The van der Waals surface area contributed by atoms with E-state index in [1.165, 1.54) is 18.2 Å². The highest BCUT2D eigenvalue weighted by Gasteiger charge is 2.23. The van der Waals surface area contributed by atoms with Crippen molar-refractivity contribution in [3.05, 3.63) is 65.7 Å². The summed E-state index contributed by atoms with van der Waals surface area (Å²) in [5.74, 6) is -2.35. The second-order valence-corrected chi connectivity index (χ2v) is 7.90. The van der Waals surface area contributed by atoms with Crippen molar-refractivity contribution < 1.29 is 22.7 Å². The Bertz CT molecular complexity index is 1070. The third-order valence-corrected chi connectivity index (χ3v) is 5.19. The van der Waals surface area contributed by atoms with Gasteiger partial charge in [0.2, 0.25) is 5.91 Å². The molecule has 0 spiro atoms. The van der Waals surface area contributed by atoms with Gasteiger partial charge in [-0.15, -0.1) is 10.2 Å². The average molecular weight is 450 g/mol. The Hall–Kier alpha value is -3.01. The number of hydrogen-bond donors (Lipinski definition) is 1. The topological polar surface area (TPSA) is 69.0 Å². The average Bonchev–Trinajstić information content (AvgIpc) is 3.15. The number of carbonyl (C=O) groups is 1. The summed E-state index contributed by atoms with van der Waals surface area (Å²) in [6, 6.07) is 9.16. The van der Waals surface area contributed by atoms with E-state index in [1.54, 1.807) is 23.6 Å². The van der Waals surface area contributed by atoms with Gasteiger partial charge in [-0.3, -0.25) is 4.79 Å². The Labute approximate surface area is 181 Å². The smallest absolute Gasteiger partial charge is 0.234 e. The Morgan fingerprint density at radius 1 is 1.06 bits per heavy atom. The van der Waals surface area contributed by atoms with Gasteiger partial charge in [0.15, 0.2) is 40.3 Å². The molecule has 3 rings (SSSR count). The van der Waals surface area contributed by atoms with Gasteiger partial charge in [0.1, 0.15) is 0 Å². The molecular weight excluding hydrogens is 429 g/mol. The van der Waals surface area contributed by atoms with Crippen LogP contribution in [0.25, 0.3) is 0 Å². The molecule has 0 saturated carbocycles. The van der Waals surface area contributed by atoms with Gasteiger partial charge in [0, 0.05) is 17.8 Å². The molecule has 0 aliphatic heterocycles. The van der Waals surface area contributed by atoms with E-state index in [0.29, 0.717) is 11.0 Å². The Morgan fingerprint density at radius 3 is 2.48 bits per heavy atom. The summed E-state index contributed by atoms with van der Waals surface area (Å²) in [5.41, 5.74) is 0.155. The van der Waals surface area contributed by atoms with Crippen molar-refractivity contribution in [2.24, 2.45) is 0 Å². The quantitative estimate of drug-likeness (QED) is 0.481. The second-order valence-electron chi connectivity index (χ2n) is 6.96. The van der Waals surface area contributed by atoms with Gasteiger partial charge in [0.05, 0.1) is 5.75 Å². The predicted molar refractivity (Wildman–Crippen MR) is 112 cm³/mol. The molecule has 6 nitrogen and oxygen atoms in total. The molecular formula is C21H21F3N4O2S. The van der Waals surface area contributed by atoms with Crippen LogP contribution in [0, 0.1) is 17.5 Å². The van der Waals surface area contributed by atoms with Crippen molar-refractivity contribution in [1.29, 1.82) is 0 Å². The molecule has 0 fully saturated rings. The molecule has 1 heterocycles. The number of para-hydroxylation sites is 1. The van der Waals surface area contributed by atoms with Gasteiger partial charge in [-0.05, 0) is 45.0 Å². The lowest BCUT2D eigenvalue weighted by atomic mass is 10.3. The molecule has 0 aliphatic carbocycles. The van der Waals surface area contributed by atoms with E-state index in [1.807, 2.05) is 13.8 Å². The molecule has 1 N–H and O–H groups in total. The fourth-order valence-corrected chi connectivity index (χ4v) is 3.71. The van der Waals surface area contributed by atoms with Crippen molar-refractivity contribution >= 4 is 23.4 Å². The Kier molecular flexibility index (Phi) is 7.21. The first-order valence-electron chi connectivity index (χ1n) is 9.50. The summed E-state index contributed by atoms with van der Waals surface area (Å²) in [6.07, 6.45) is -0.586. The summed E-state index contributed by atoms with van der Waals surface area (Å²) in [7, 11) is 0. The summed E-state index contributed by atoms with van der Waals surface area (Å²) in [4.78, 5) is 12.2. The van der Waals surface area contributed by atoms with Gasteiger partial charge < -0.3 is 14.6 Å². The first-order chi connectivity index (χ1) is 14.8. The van der Waals surface area contributed by atoms with Gasteiger partial charge in [0.25, 0.3) is 0 Å². The summed E-state index contributed by atoms with van der Waals surface area (Å²) in [5, 5.41) is 11.3. The summed E-state index contributed by atoms with van der Waals surface area (Å²) >= 11 is 1.14. The second kappa shape index (κ2) is 9.86. The Morgan fingerprint density at radius 2 is 1.81 bits per heavy atom. The van der Waals surface area contributed by atoms with Crippen LogP contribution in [0.4, 0.5) is 18.9 Å². The van der Waals surface area contributed by atoms with Crippen LogP contribution >= 0.6 is 11.8 Å². The number of rotatable bonds is 8. The van der Waals surface area contributed by atoms with Crippen LogP contribution in [0.15, 0.2) is 47.6 Å². The highest BCUT2D eigenvalue weighted by molar-refractivity contribution is 7.99. The zero-order valence-corrected chi connectivity index (χ0v) is 17.9. The molecule has 0 saturated heterocycles. The summed E-state index contributed by atoms with van der Waals surface area (Å²) < 4.78 is 47.7. The van der Waals surface area contributed by atoms with Gasteiger partial charge in [-0.2, -0.15) is 0 Å². The maximum atomic E-state index is 13.9. The number of halogens is 3. The number of benzene rings is 2.